The molecule has 100 valence electrons. The summed E-state index contributed by atoms with van der Waals surface area (Å²) in [5.74, 6) is 1.97. The fourth-order valence-corrected chi connectivity index (χ4v) is 2.59. The molecule has 1 aromatic rings. The molecule has 1 unspecified atom stereocenters. The molecule has 1 aromatic heterocycles. The van der Waals surface area contributed by atoms with Crippen molar-refractivity contribution < 1.29 is 4.52 Å². The van der Waals surface area contributed by atoms with Crippen LogP contribution in [0.2, 0.25) is 0 Å². The summed E-state index contributed by atoms with van der Waals surface area (Å²) in [6.45, 7) is 6.17. The standard InChI is InChI=1S/C12H21N5O/c1-16-5-7-17(8-6-16)12-14-11(18-15-12)10-3-2-4-13-9-10/h10,13H,2-9H2,1H3. The summed E-state index contributed by atoms with van der Waals surface area (Å²) in [6, 6.07) is 0. The van der Waals surface area contributed by atoms with Gasteiger partial charge in [0, 0.05) is 32.7 Å². The number of hydrogen-bond donors (Lipinski definition) is 1. The maximum absolute atomic E-state index is 5.43. The van der Waals surface area contributed by atoms with E-state index in [1.54, 1.807) is 0 Å². The van der Waals surface area contributed by atoms with Crippen LogP contribution in [0.1, 0.15) is 24.7 Å². The first kappa shape index (κ1) is 11.9. The van der Waals surface area contributed by atoms with Gasteiger partial charge in [-0.3, -0.25) is 0 Å². The highest BCUT2D eigenvalue weighted by molar-refractivity contribution is 5.29. The van der Waals surface area contributed by atoms with Gasteiger partial charge in [-0.2, -0.15) is 4.98 Å². The fourth-order valence-electron chi connectivity index (χ4n) is 2.59. The molecule has 2 aliphatic rings. The van der Waals surface area contributed by atoms with Crippen LogP contribution >= 0.6 is 0 Å². The Morgan fingerprint density at radius 1 is 1.28 bits per heavy atom. The van der Waals surface area contributed by atoms with Crippen molar-refractivity contribution in [3.8, 4) is 0 Å². The molecular weight excluding hydrogens is 230 g/mol. The van der Waals surface area contributed by atoms with Crippen LogP contribution in [0.3, 0.4) is 0 Å². The maximum Gasteiger partial charge on any atom is 0.266 e. The lowest BCUT2D eigenvalue weighted by molar-refractivity contribution is 0.305. The Hall–Kier alpha value is -1.14. The molecule has 0 radical (unpaired) electrons. The van der Waals surface area contributed by atoms with Crippen molar-refractivity contribution in [2.24, 2.45) is 0 Å². The Labute approximate surface area is 107 Å². The lowest BCUT2D eigenvalue weighted by Crippen LogP contribution is -2.44. The van der Waals surface area contributed by atoms with Gasteiger partial charge in [-0.25, -0.2) is 0 Å². The molecule has 3 rings (SSSR count). The largest absolute Gasteiger partial charge is 0.337 e. The van der Waals surface area contributed by atoms with Crippen LogP contribution in [0.4, 0.5) is 5.95 Å². The third kappa shape index (κ3) is 2.49. The molecule has 0 saturated carbocycles. The van der Waals surface area contributed by atoms with E-state index in [1.165, 1.54) is 6.42 Å². The van der Waals surface area contributed by atoms with Gasteiger partial charge in [-0.15, -0.1) is 0 Å². The Bertz CT molecular complexity index is 380. The third-order valence-corrected chi connectivity index (χ3v) is 3.86. The van der Waals surface area contributed by atoms with E-state index < -0.39 is 0 Å². The quantitative estimate of drug-likeness (QED) is 0.815. The van der Waals surface area contributed by atoms with Crippen molar-refractivity contribution >= 4 is 5.95 Å². The first-order valence-electron chi connectivity index (χ1n) is 6.81. The van der Waals surface area contributed by atoms with Gasteiger partial charge >= 0.3 is 0 Å². The molecule has 2 saturated heterocycles. The average molecular weight is 251 g/mol. The second-order valence-corrected chi connectivity index (χ2v) is 5.27. The van der Waals surface area contributed by atoms with Gasteiger partial charge in [0.15, 0.2) is 0 Å². The topological polar surface area (TPSA) is 57.4 Å². The second kappa shape index (κ2) is 5.24. The summed E-state index contributed by atoms with van der Waals surface area (Å²) >= 11 is 0. The van der Waals surface area contributed by atoms with Crippen molar-refractivity contribution in [2.45, 2.75) is 18.8 Å². The minimum atomic E-state index is 0.396. The Kier molecular flexibility index (Phi) is 3.47. The number of hydrogen-bond acceptors (Lipinski definition) is 6. The number of aromatic nitrogens is 2. The molecule has 6 nitrogen and oxygen atoms in total. The van der Waals surface area contributed by atoms with E-state index in [2.05, 4.69) is 32.3 Å². The highest BCUT2D eigenvalue weighted by Gasteiger charge is 2.24. The number of piperidine rings is 1. The van der Waals surface area contributed by atoms with Gasteiger partial charge in [-0.1, -0.05) is 0 Å². The molecular formula is C12H21N5O. The Morgan fingerprint density at radius 2 is 2.11 bits per heavy atom. The maximum atomic E-state index is 5.43. The van der Waals surface area contributed by atoms with Crippen LogP contribution in [0.15, 0.2) is 4.52 Å². The zero-order valence-corrected chi connectivity index (χ0v) is 10.9. The van der Waals surface area contributed by atoms with Crippen LogP contribution in [0.25, 0.3) is 0 Å². The van der Waals surface area contributed by atoms with Crippen LogP contribution in [-0.2, 0) is 0 Å². The zero-order valence-electron chi connectivity index (χ0n) is 10.9. The number of rotatable bonds is 2. The van der Waals surface area contributed by atoms with Crippen molar-refractivity contribution in [3.63, 3.8) is 0 Å². The van der Waals surface area contributed by atoms with E-state index in [-0.39, 0.29) is 0 Å². The van der Waals surface area contributed by atoms with Gasteiger partial charge in [0.1, 0.15) is 0 Å². The molecule has 0 aliphatic carbocycles. The van der Waals surface area contributed by atoms with E-state index in [4.69, 9.17) is 4.52 Å². The number of nitrogens with one attached hydrogen (secondary N) is 1. The van der Waals surface area contributed by atoms with Gasteiger partial charge < -0.3 is 19.6 Å². The van der Waals surface area contributed by atoms with Gasteiger partial charge in [0.25, 0.3) is 5.95 Å². The summed E-state index contributed by atoms with van der Waals surface area (Å²) in [6.07, 6.45) is 2.34. The van der Waals surface area contributed by atoms with Gasteiger partial charge in [-0.05, 0) is 31.6 Å². The third-order valence-electron chi connectivity index (χ3n) is 3.86. The van der Waals surface area contributed by atoms with Crippen molar-refractivity contribution in [2.75, 3.05) is 51.2 Å². The molecule has 0 amide bonds. The molecule has 2 aliphatic heterocycles. The van der Waals surface area contributed by atoms with Crippen molar-refractivity contribution in [3.05, 3.63) is 5.89 Å². The number of likely N-dealkylation sites (N-methyl/N-ethyl adjacent to an activating group) is 1. The molecule has 2 fully saturated rings. The average Bonchev–Trinajstić information content (AvgIpc) is 2.90. The van der Waals surface area contributed by atoms with E-state index in [0.29, 0.717) is 5.92 Å². The fraction of sp³-hybridized carbons (Fsp3) is 0.833. The molecule has 0 bridgehead atoms. The zero-order chi connectivity index (χ0) is 12.4. The van der Waals surface area contributed by atoms with Crippen molar-refractivity contribution in [1.82, 2.24) is 20.4 Å². The highest BCUT2D eigenvalue weighted by Crippen LogP contribution is 2.23. The monoisotopic (exact) mass is 251 g/mol. The molecule has 0 aromatic carbocycles. The van der Waals surface area contributed by atoms with Crippen molar-refractivity contribution in [1.29, 1.82) is 0 Å². The number of piperazine rings is 1. The molecule has 18 heavy (non-hydrogen) atoms. The van der Waals surface area contributed by atoms with Crippen LogP contribution in [0.5, 0.6) is 0 Å². The SMILES string of the molecule is CN1CCN(c2noc(C3CCCNC3)n2)CC1. The van der Waals surface area contributed by atoms with Crippen LogP contribution in [-0.4, -0.2) is 61.4 Å². The summed E-state index contributed by atoms with van der Waals surface area (Å²) in [4.78, 5) is 9.11. The molecule has 6 heteroatoms. The lowest BCUT2D eigenvalue weighted by Gasteiger charge is -2.31. The summed E-state index contributed by atoms with van der Waals surface area (Å²) in [7, 11) is 2.15. The Morgan fingerprint density at radius 3 is 2.83 bits per heavy atom. The lowest BCUT2D eigenvalue weighted by atomic mass is 10.00. The Balaban J connectivity index is 1.65. The summed E-state index contributed by atoms with van der Waals surface area (Å²) < 4.78 is 5.43. The van der Waals surface area contributed by atoms with E-state index in [0.717, 1.165) is 57.5 Å². The van der Waals surface area contributed by atoms with Gasteiger partial charge in [0.05, 0.1) is 5.92 Å². The van der Waals surface area contributed by atoms with E-state index in [1.807, 2.05) is 0 Å². The second-order valence-electron chi connectivity index (χ2n) is 5.27. The number of anilines is 1. The molecule has 1 atom stereocenters. The molecule has 3 heterocycles. The van der Waals surface area contributed by atoms with Gasteiger partial charge in [0.2, 0.25) is 5.89 Å². The molecule has 1 N–H and O–H groups in total. The highest BCUT2D eigenvalue weighted by atomic mass is 16.5. The van der Waals surface area contributed by atoms with Crippen LogP contribution < -0.4 is 10.2 Å². The van der Waals surface area contributed by atoms with Crippen LogP contribution in [0, 0.1) is 0 Å². The first-order valence-corrected chi connectivity index (χ1v) is 6.81. The minimum Gasteiger partial charge on any atom is -0.337 e. The smallest absolute Gasteiger partial charge is 0.266 e. The van der Waals surface area contributed by atoms with E-state index >= 15 is 0 Å². The summed E-state index contributed by atoms with van der Waals surface area (Å²) in [5.41, 5.74) is 0. The normalized spacial score (nSPS) is 26.5. The summed E-state index contributed by atoms with van der Waals surface area (Å²) in [5, 5.41) is 7.51. The number of nitrogens with zero attached hydrogens (tertiary/aromatic N) is 4. The van der Waals surface area contributed by atoms with E-state index in [9.17, 15) is 0 Å². The minimum absolute atomic E-state index is 0.396. The predicted molar refractivity (Wildman–Crippen MR) is 68.9 cm³/mol. The first-order chi connectivity index (χ1) is 8.83. The molecule has 0 spiro atoms. The predicted octanol–water partition coefficient (Wildman–Crippen LogP) is 0.288.